The van der Waals surface area contributed by atoms with Gasteiger partial charge in [-0.25, -0.2) is 24.9 Å². The Morgan fingerprint density at radius 3 is 2.87 bits per heavy atom. The van der Waals surface area contributed by atoms with Crippen molar-refractivity contribution in [2.75, 3.05) is 18.0 Å². The molecule has 0 radical (unpaired) electrons. The molecule has 8 nitrogen and oxygen atoms in total. The number of H-pyrrole nitrogens is 1. The van der Waals surface area contributed by atoms with Gasteiger partial charge < -0.3 is 9.88 Å². The van der Waals surface area contributed by atoms with Gasteiger partial charge in [-0.15, -0.1) is 0 Å². The van der Waals surface area contributed by atoms with Gasteiger partial charge in [0.1, 0.15) is 21.9 Å². The highest BCUT2D eigenvalue weighted by molar-refractivity contribution is 9.10. The van der Waals surface area contributed by atoms with Crippen LogP contribution < -0.4 is 4.90 Å². The van der Waals surface area contributed by atoms with Gasteiger partial charge in [-0.05, 0) is 34.8 Å². The molecule has 1 fully saturated rings. The van der Waals surface area contributed by atoms with E-state index in [1.165, 1.54) is 5.69 Å². The number of fused-ring (bicyclic) bond motifs is 1. The Bertz CT molecular complexity index is 1180. The van der Waals surface area contributed by atoms with Crippen LogP contribution in [-0.2, 0) is 0 Å². The second-order valence-corrected chi connectivity index (χ2v) is 8.80. The molecule has 0 aliphatic carbocycles. The zero-order valence-corrected chi connectivity index (χ0v) is 18.5. The summed E-state index contributed by atoms with van der Waals surface area (Å²) in [5.74, 6) is 3.48. The minimum absolute atomic E-state index is 0.406. The van der Waals surface area contributed by atoms with Gasteiger partial charge in [-0.2, -0.15) is 0 Å². The van der Waals surface area contributed by atoms with E-state index in [2.05, 4.69) is 59.6 Å². The summed E-state index contributed by atoms with van der Waals surface area (Å²) in [5.41, 5.74) is 2.83. The van der Waals surface area contributed by atoms with E-state index in [0.717, 1.165) is 53.5 Å². The van der Waals surface area contributed by atoms with Gasteiger partial charge in [0.15, 0.2) is 11.5 Å². The average molecular weight is 467 g/mol. The van der Waals surface area contributed by atoms with E-state index in [-0.39, 0.29) is 0 Å². The number of hydrogen-bond acceptors (Lipinski definition) is 6. The molecule has 1 aliphatic rings. The molecule has 0 aromatic carbocycles. The molecule has 4 aromatic rings. The first-order valence-electron chi connectivity index (χ1n) is 10.2. The average Bonchev–Trinajstić information content (AvgIpc) is 3.41. The maximum atomic E-state index is 4.87. The lowest BCUT2D eigenvalue weighted by molar-refractivity contribution is 0.499. The Morgan fingerprint density at radius 2 is 2.03 bits per heavy atom. The number of anilines is 1. The minimum Gasteiger partial charge on any atom is -0.356 e. The number of halogens is 1. The molecule has 0 saturated carbocycles. The van der Waals surface area contributed by atoms with Crippen molar-refractivity contribution in [1.29, 1.82) is 0 Å². The molecular weight excluding hydrogens is 444 g/mol. The van der Waals surface area contributed by atoms with Crippen molar-refractivity contribution in [1.82, 2.24) is 34.3 Å². The summed E-state index contributed by atoms with van der Waals surface area (Å²) in [6.07, 6.45) is 11.5. The predicted molar refractivity (Wildman–Crippen MR) is 119 cm³/mol. The van der Waals surface area contributed by atoms with Crippen LogP contribution in [0.25, 0.3) is 17.2 Å². The van der Waals surface area contributed by atoms with Gasteiger partial charge in [0.25, 0.3) is 0 Å². The fraction of sp³-hybridized carbons (Fsp3) is 0.381. The Balaban J connectivity index is 1.42. The fourth-order valence-electron chi connectivity index (χ4n) is 3.97. The standard InChI is InChI=1S/C21H23BrN8/c1-13(2)20-26-8-15(27-20)14-4-3-7-29(11-14)18-5-6-23-21(28-18)16-9-25-19-10-24-17(22)12-30(16)19/h5-6,8-10,12-14H,3-4,7,11H2,1-2H3,(H,26,27). The zero-order valence-electron chi connectivity index (χ0n) is 17.0. The maximum absolute atomic E-state index is 4.87. The van der Waals surface area contributed by atoms with Gasteiger partial charge in [0.2, 0.25) is 0 Å². The summed E-state index contributed by atoms with van der Waals surface area (Å²) in [6.45, 7) is 6.22. The van der Waals surface area contributed by atoms with Crippen LogP contribution in [0.4, 0.5) is 5.82 Å². The van der Waals surface area contributed by atoms with Crippen LogP contribution in [0.2, 0.25) is 0 Å². The smallest absolute Gasteiger partial charge is 0.180 e. The van der Waals surface area contributed by atoms with Crippen LogP contribution in [0.5, 0.6) is 0 Å². The number of rotatable bonds is 4. The molecule has 1 aliphatic heterocycles. The van der Waals surface area contributed by atoms with Crippen molar-refractivity contribution in [3.8, 4) is 11.5 Å². The topological polar surface area (TPSA) is 87.9 Å². The molecule has 1 N–H and O–H groups in total. The first-order valence-corrected chi connectivity index (χ1v) is 11.0. The highest BCUT2D eigenvalue weighted by Gasteiger charge is 2.24. The maximum Gasteiger partial charge on any atom is 0.180 e. The van der Waals surface area contributed by atoms with E-state index in [1.807, 2.05) is 29.1 Å². The molecule has 0 amide bonds. The van der Waals surface area contributed by atoms with E-state index in [1.54, 1.807) is 12.4 Å². The van der Waals surface area contributed by atoms with E-state index < -0.39 is 0 Å². The molecule has 5 rings (SSSR count). The number of piperidine rings is 1. The summed E-state index contributed by atoms with van der Waals surface area (Å²) in [5, 5.41) is 0. The number of nitrogens with zero attached hydrogens (tertiary/aromatic N) is 7. The molecular formula is C21H23BrN8. The van der Waals surface area contributed by atoms with Crippen molar-refractivity contribution in [2.45, 2.75) is 38.5 Å². The fourth-order valence-corrected chi connectivity index (χ4v) is 4.28. The van der Waals surface area contributed by atoms with Crippen molar-refractivity contribution >= 4 is 27.4 Å². The lowest BCUT2D eigenvalue weighted by Crippen LogP contribution is -2.35. The molecule has 0 spiro atoms. The summed E-state index contributed by atoms with van der Waals surface area (Å²) in [6, 6.07) is 1.99. The van der Waals surface area contributed by atoms with Crippen LogP contribution in [0, 0.1) is 0 Å². The molecule has 4 aromatic heterocycles. The lowest BCUT2D eigenvalue weighted by Gasteiger charge is -2.33. The monoisotopic (exact) mass is 466 g/mol. The number of nitrogens with one attached hydrogen (secondary N) is 1. The van der Waals surface area contributed by atoms with Gasteiger partial charge in [0.05, 0.1) is 12.4 Å². The first kappa shape index (κ1) is 19.2. The van der Waals surface area contributed by atoms with Crippen molar-refractivity contribution in [3.63, 3.8) is 0 Å². The molecule has 9 heteroatoms. The number of aromatic nitrogens is 7. The second kappa shape index (κ2) is 7.79. The van der Waals surface area contributed by atoms with Crippen LogP contribution in [0.15, 0.2) is 41.7 Å². The zero-order chi connectivity index (χ0) is 20.7. The van der Waals surface area contributed by atoms with Crippen molar-refractivity contribution < 1.29 is 0 Å². The molecule has 0 bridgehead atoms. The number of imidazole rings is 2. The number of hydrogen-bond donors (Lipinski definition) is 1. The van der Waals surface area contributed by atoms with E-state index in [0.29, 0.717) is 17.7 Å². The second-order valence-electron chi connectivity index (χ2n) is 7.98. The lowest BCUT2D eigenvalue weighted by atomic mass is 9.95. The summed E-state index contributed by atoms with van der Waals surface area (Å²) in [4.78, 5) is 28.4. The Labute approximate surface area is 183 Å². The number of aromatic amines is 1. The van der Waals surface area contributed by atoms with E-state index in [4.69, 9.17) is 4.98 Å². The highest BCUT2D eigenvalue weighted by Crippen LogP contribution is 2.30. The van der Waals surface area contributed by atoms with E-state index >= 15 is 0 Å². The van der Waals surface area contributed by atoms with Crippen molar-refractivity contribution in [3.05, 3.63) is 53.2 Å². The Kier molecular flexibility index (Phi) is 4.98. The summed E-state index contributed by atoms with van der Waals surface area (Å²) >= 11 is 3.42. The van der Waals surface area contributed by atoms with E-state index in [9.17, 15) is 0 Å². The quantitative estimate of drug-likeness (QED) is 0.485. The third kappa shape index (κ3) is 3.58. The Hall–Kier alpha value is -2.81. The Morgan fingerprint density at radius 1 is 1.13 bits per heavy atom. The van der Waals surface area contributed by atoms with Crippen LogP contribution in [0.3, 0.4) is 0 Å². The molecule has 1 atom stereocenters. The first-order chi connectivity index (χ1) is 14.6. The van der Waals surface area contributed by atoms with Crippen molar-refractivity contribution in [2.24, 2.45) is 0 Å². The summed E-state index contributed by atoms with van der Waals surface area (Å²) < 4.78 is 2.69. The van der Waals surface area contributed by atoms with Gasteiger partial charge in [-0.3, -0.25) is 4.40 Å². The van der Waals surface area contributed by atoms with Crippen LogP contribution in [0.1, 0.15) is 50.0 Å². The third-order valence-corrected chi connectivity index (χ3v) is 5.99. The summed E-state index contributed by atoms with van der Waals surface area (Å²) in [7, 11) is 0. The van der Waals surface area contributed by atoms with Gasteiger partial charge in [-0.1, -0.05) is 13.8 Å². The van der Waals surface area contributed by atoms with Crippen LogP contribution >= 0.6 is 15.9 Å². The molecule has 5 heterocycles. The molecule has 154 valence electrons. The molecule has 30 heavy (non-hydrogen) atoms. The third-order valence-electron chi connectivity index (χ3n) is 5.58. The molecule has 1 saturated heterocycles. The molecule has 1 unspecified atom stereocenters. The largest absolute Gasteiger partial charge is 0.356 e. The van der Waals surface area contributed by atoms with Crippen LogP contribution in [-0.4, -0.2) is 47.4 Å². The van der Waals surface area contributed by atoms with Gasteiger partial charge in [0, 0.05) is 49.2 Å². The SMILES string of the molecule is CC(C)c1ncc(C2CCCN(c3ccnc(-c4cnc5cnc(Br)cn45)n3)C2)[nH]1. The van der Waals surface area contributed by atoms with Gasteiger partial charge >= 0.3 is 0 Å². The normalized spacial score (nSPS) is 17.2. The minimum atomic E-state index is 0.406. The highest BCUT2D eigenvalue weighted by atomic mass is 79.9. The predicted octanol–water partition coefficient (Wildman–Crippen LogP) is 4.18.